The molecular formula is C12H16O13. The summed E-state index contributed by atoms with van der Waals surface area (Å²) >= 11 is 0. The molecule has 0 aromatic carbocycles. The molecule has 13 heteroatoms. The van der Waals surface area contributed by atoms with Crippen LogP contribution in [0.4, 0.5) is 0 Å². The van der Waals surface area contributed by atoms with Crippen molar-refractivity contribution in [3.63, 3.8) is 0 Å². The van der Waals surface area contributed by atoms with Crippen LogP contribution in [0.15, 0.2) is 12.2 Å². The van der Waals surface area contributed by atoms with E-state index >= 15 is 0 Å². The molecule has 0 rings (SSSR count). The fraction of sp³-hybridized carbons (Fsp3) is 0.333. The van der Waals surface area contributed by atoms with Crippen LogP contribution in [-0.4, -0.2) is 77.2 Å². The fourth-order valence-corrected chi connectivity index (χ4v) is 0.857. The van der Waals surface area contributed by atoms with Crippen LogP contribution in [0.3, 0.4) is 0 Å². The largest absolute Gasteiger partial charge is 0.481 e. The van der Waals surface area contributed by atoms with Gasteiger partial charge in [0.25, 0.3) is 5.97 Å². The normalized spacial score (nSPS) is 9.68. The van der Waals surface area contributed by atoms with Crippen LogP contribution in [0.1, 0.15) is 19.8 Å². The Kier molecular flexibility index (Phi) is 13.7. The van der Waals surface area contributed by atoms with Gasteiger partial charge in [-0.2, -0.15) is 0 Å². The predicted molar refractivity (Wildman–Crippen MR) is 74.8 cm³/mol. The van der Waals surface area contributed by atoms with Crippen LogP contribution in [0.5, 0.6) is 0 Å². The van der Waals surface area contributed by atoms with E-state index in [2.05, 4.69) is 0 Å². The Morgan fingerprint density at radius 2 is 0.960 bits per heavy atom. The first-order chi connectivity index (χ1) is 11.1. The van der Waals surface area contributed by atoms with E-state index in [-0.39, 0.29) is 0 Å². The van der Waals surface area contributed by atoms with Crippen molar-refractivity contribution >= 4 is 35.8 Å². The van der Waals surface area contributed by atoms with E-state index in [0.717, 1.165) is 6.92 Å². The molecule has 0 aliphatic carbocycles. The van der Waals surface area contributed by atoms with Gasteiger partial charge in [0.2, 0.25) is 0 Å². The summed E-state index contributed by atoms with van der Waals surface area (Å²) in [5, 5.41) is 56.9. The molecule has 0 saturated heterocycles. The third kappa shape index (κ3) is 22.9. The Hall–Kier alpha value is -3.48. The van der Waals surface area contributed by atoms with Gasteiger partial charge >= 0.3 is 29.8 Å². The average Bonchev–Trinajstić information content (AvgIpc) is 2.34. The first kappa shape index (κ1) is 26.4. The number of aliphatic carboxylic acids is 6. The van der Waals surface area contributed by atoms with Crippen LogP contribution >= 0.6 is 0 Å². The Bertz CT molecular complexity index is 509. The highest BCUT2D eigenvalue weighted by Crippen LogP contribution is 2.15. The number of carboxylic acid groups (broad SMARTS) is 6. The van der Waals surface area contributed by atoms with Crippen molar-refractivity contribution < 1.29 is 64.5 Å². The van der Waals surface area contributed by atoms with Gasteiger partial charge in [-0.1, -0.05) is 0 Å². The highest BCUT2D eigenvalue weighted by molar-refractivity contribution is 5.89. The summed E-state index contributed by atoms with van der Waals surface area (Å²) in [6.07, 6.45) is -1.17. The molecule has 0 bridgehead atoms. The summed E-state index contributed by atoms with van der Waals surface area (Å²) in [4.78, 5) is 58.6. The molecule has 0 fully saturated rings. The Balaban J connectivity index is -0.000000342. The van der Waals surface area contributed by atoms with Crippen molar-refractivity contribution in [2.75, 3.05) is 0 Å². The number of carbonyl (C=O) groups is 6. The Morgan fingerprint density at radius 3 is 1.08 bits per heavy atom. The van der Waals surface area contributed by atoms with Gasteiger partial charge in [0.15, 0.2) is 5.60 Å². The summed E-state index contributed by atoms with van der Waals surface area (Å²) in [6.45, 7) is 1.08. The Labute approximate surface area is 139 Å². The van der Waals surface area contributed by atoms with E-state index in [1.54, 1.807) is 0 Å². The van der Waals surface area contributed by atoms with E-state index in [9.17, 15) is 24.0 Å². The topological polar surface area (TPSA) is 244 Å². The van der Waals surface area contributed by atoms with Crippen molar-refractivity contribution in [2.24, 2.45) is 0 Å². The van der Waals surface area contributed by atoms with Gasteiger partial charge in [0.05, 0.1) is 12.8 Å². The summed E-state index contributed by atoms with van der Waals surface area (Å²) in [7, 11) is 0. The summed E-state index contributed by atoms with van der Waals surface area (Å²) in [5.41, 5.74) is -2.74. The summed E-state index contributed by atoms with van der Waals surface area (Å²) < 4.78 is 0. The van der Waals surface area contributed by atoms with E-state index in [4.69, 9.17) is 40.5 Å². The molecule has 142 valence electrons. The van der Waals surface area contributed by atoms with Crippen molar-refractivity contribution in [1.29, 1.82) is 0 Å². The molecule has 0 heterocycles. The monoisotopic (exact) mass is 368 g/mol. The van der Waals surface area contributed by atoms with Gasteiger partial charge in [-0.15, -0.1) is 0 Å². The first-order valence-corrected chi connectivity index (χ1v) is 5.86. The molecule has 0 saturated carbocycles. The molecule has 0 spiro atoms. The zero-order valence-electron chi connectivity index (χ0n) is 12.6. The lowest BCUT2D eigenvalue weighted by atomic mass is 9.96. The minimum Gasteiger partial charge on any atom is -0.481 e. The molecule has 7 N–H and O–H groups in total. The van der Waals surface area contributed by atoms with Gasteiger partial charge in [-0.3, -0.25) is 14.4 Å². The molecular weight excluding hydrogens is 352 g/mol. The van der Waals surface area contributed by atoms with Gasteiger partial charge in [0, 0.05) is 19.1 Å². The maximum absolute atomic E-state index is 10.3. The van der Waals surface area contributed by atoms with Crippen LogP contribution in [0.25, 0.3) is 0 Å². The number of rotatable bonds is 7. The molecule has 0 amide bonds. The maximum Gasteiger partial charge on any atom is 0.336 e. The zero-order chi connectivity index (χ0) is 20.8. The molecule has 25 heavy (non-hydrogen) atoms. The first-order valence-electron chi connectivity index (χ1n) is 5.86. The van der Waals surface area contributed by atoms with Crippen molar-refractivity contribution in [3.05, 3.63) is 12.2 Å². The van der Waals surface area contributed by atoms with Gasteiger partial charge in [-0.25, -0.2) is 14.4 Å². The van der Waals surface area contributed by atoms with Gasteiger partial charge in [-0.05, 0) is 0 Å². The lowest BCUT2D eigenvalue weighted by Crippen LogP contribution is -2.42. The number of carboxylic acids is 6. The van der Waals surface area contributed by atoms with Gasteiger partial charge in [0.1, 0.15) is 0 Å². The van der Waals surface area contributed by atoms with E-state index in [1.165, 1.54) is 0 Å². The number of aliphatic hydroxyl groups is 1. The molecule has 0 aromatic heterocycles. The summed E-state index contributed by atoms with van der Waals surface area (Å²) in [6, 6.07) is 0. The molecule has 0 aliphatic heterocycles. The molecule has 0 aliphatic rings. The number of hydrogen-bond acceptors (Lipinski definition) is 7. The second-order valence-electron chi connectivity index (χ2n) is 4.01. The average molecular weight is 368 g/mol. The predicted octanol–water partition coefficient (Wildman–Crippen LogP) is -1.45. The van der Waals surface area contributed by atoms with E-state index < -0.39 is 54.3 Å². The van der Waals surface area contributed by atoms with Crippen LogP contribution in [-0.2, 0) is 28.8 Å². The lowest BCUT2D eigenvalue weighted by molar-refractivity contribution is -0.170. The third-order valence-electron chi connectivity index (χ3n) is 1.65. The zero-order valence-corrected chi connectivity index (χ0v) is 12.6. The van der Waals surface area contributed by atoms with Crippen molar-refractivity contribution in [1.82, 2.24) is 0 Å². The molecule has 0 unspecified atom stereocenters. The van der Waals surface area contributed by atoms with Crippen LogP contribution in [0.2, 0.25) is 0 Å². The second-order valence-corrected chi connectivity index (χ2v) is 4.01. The van der Waals surface area contributed by atoms with Crippen LogP contribution in [0, 0.1) is 0 Å². The van der Waals surface area contributed by atoms with Gasteiger partial charge < -0.3 is 35.7 Å². The van der Waals surface area contributed by atoms with Crippen molar-refractivity contribution in [3.8, 4) is 0 Å². The van der Waals surface area contributed by atoms with E-state index in [0.29, 0.717) is 12.2 Å². The fourth-order valence-electron chi connectivity index (χ4n) is 0.857. The molecule has 0 aromatic rings. The number of hydrogen-bond donors (Lipinski definition) is 7. The third-order valence-corrected chi connectivity index (χ3v) is 1.65. The molecule has 0 atom stereocenters. The van der Waals surface area contributed by atoms with Crippen molar-refractivity contribution in [2.45, 2.75) is 25.4 Å². The highest BCUT2D eigenvalue weighted by Gasteiger charge is 2.40. The highest BCUT2D eigenvalue weighted by atomic mass is 16.4. The minimum atomic E-state index is -2.74. The standard InChI is InChI=1S/C6H8O7.C4H4O4.C2H4O2/c7-3(8)1-6(13,5(11)12)2-4(9)10;5-3(6)1-2-4(7)8;1-2(3)4/h13H,1-2H2,(H,7,8)(H,9,10)(H,11,12);1-2H,(H,5,6)(H,7,8);1H3,(H,3,4)/b;2-1+;. The summed E-state index contributed by atoms with van der Waals surface area (Å²) in [5.74, 6) is -8.37. The minimum absolute atomic E-state index is 0.558. The molecule has 13 nitrogen and oxygen atoms in total. The van der Waals surface area contributed by atoms with E-state index in [1.807, 2.05) is 0 Å². The maximum atomic E-state index is 10.3. The Morgan fingerprint density at radius 1 is 0.720 bits per heavy atom. The quantitative estimate of drug-likeness (QED) is 0.255. The van der Waals surface area contributed by atoms with Crippen LogP contribution < -0.4 is 0 Å². The smallest absolute Gasteiger partial charge is 0.336 e. The SMILES string of the molecule is CC(=O)O.O=C(O)/C=C/C(=O)O.O=C(O)CC(O)(CC(=O)O)C(=O)O. The lowest BCUT2D eigenvalue weighted by Gasteiger charge is -2.18. The molecule has 0 radical (unpaired) electrons. The second kappa shape index (κ2) is 13.0.